The predicted octanol–water partition coefficient (Wildman–Crippen LogP) is 4.97. The number of hydrogen-bond acceptors (Lipinski definition) is 4. The normalized spacial score (nSPS) is 14.2. The first-order valence-electron chi connectivity index (χ1n) is 11.3. The third-order valence-corrected chi connectivity index (χ3v) is 5.92. The Balaban J connectivity index is 1.40. The van der Waals surface area contributed by atoms with Gasteiger partial charge in [0.2, 0.25) is 0 Å². The molecule has 3 aromatic carbocycles. The van der Waals surface area contributed by atoms with Gasteiger partial charge in [-0.3, -0.25) is 4.79 Å². The zero-order valence-electron chi connectivity index (χ0n) is 19.2. The summed E-state index contributed by atoms with van der Waals surface area (Å²) in [7, 11) is 4.15. The molecule has 0 saturated carbocycles. The average molecular weight is 440 g/mol. The minimum atomic E-state index is -0.0231. The number of nitrogens with zero attached hydrogens (tertiary/aromatic N) is 3. The number of carbonyl (C=O) groups excluding carboxylic acids is 1. The van der Waals surface area contributed by atoms with E-state index >= 15 is 0 Å². The molecule has 5 heteroatoms. The van der Waals surface area contributed by atoms with Crippen LogP contribution >= 0.6 is 0 Å². The second-order valence-electron chi connectivity index (χ2n) is 8.72. The second kappa shape index (κ2) is 10.3. The van der Waals surface area contributed by atoms with Gasteiger partial charge in [0.05, 0.1) is 11.6 Å². The molecule has 0 radical (unpaired) electrons. The molecule has 4 rings (SSSR count). The molecule has 0 unspecified atom stereocenters. The molecule has 1 aliphatic rings. The van der Waals surface area contributed by atoms with Crippen LogP contribution in [0, 0.1) is 11.3 Å². The van der Waals surface area contributed by atoms with Crippen molar-refractivity contribution in [3.05, 3.63) is 89.5 Å². The maximum Gasteiger partial charge on any atom is 0.253 e. The highest BCUT2D eigenvalue weighted by atomic mass is 16.5. The molecule has 5 nitrogen and oxygen atoms in total. The van der Waals surface area contributed by atoms with Crippen LogP contribution in [0.2, 0.25) is 0 Å². The van der Waals surface area contributed by atoms with Crippen molar-refractivity contribution in [1.82, 2.24) is 9.80 Å². The number of carbonyl (C=O) groups is 1. The summed E-state index contributed by atoms with van der Waals surface area (Å²) in [5.74, 6) is 0.837. The molecular formula is C28H29N3O2. The first kappa shape index (κ1) is 22.6. The lowest BCUT2D eigenvalue weighted by Gasteiger charge is -2.32. The summed E-state index contributed by atoms with van der Waals surface area (Å²) in [5, 5.41) is 9.08. The fraction of sp³-hybridized carbons (Fsp3) is 0.286. The number of rotatable bonds is 6. The lowest BCUT2D eigenvalue weighted by molar-refractivity contribution is 0.0595. The lowest BCUT2D eigenvalue weighted by Crippen LogP contribution is -2.41. The largest absolute Gasteiger partial charge is 0.490 e. The molecule has 1 saturated heterocycles. The number of nitriles is 1. The number of piperidine rings is 1. The van der Waals surface area contributed by atoms with Gasteiger partial charge in [-0.2, -0.15) is 5.26 Å². The molecule has 1 aliphatic heterocycles. The zero-order valence-corrected chi connectivity index (χ0v) is 19.2. The highest BCUT2D eigenvalue weighted by Crippen LogP contribution is 2.29. The molecule has 0 atom stereocenters. The molecule has 168 valence electrons. The molecule has 0 aliphatic carbocycles. The maximum absolute atomic E-state index is 12.8. The Kier molecular flexibility index (Phi) is 7.07. The van der Waals surface area contributed by atoms with Gasteiger partial charge in [-0.25, -0.2) is 0 Å². The van der Waals surface area contributed by atoms with Crippen molar-refractivity contribution in [2.24, 2.45) is 0 Å². The molecule has 0 spiro atoms. The quantitative estimate of drug-likeness (QED) is 0.544. The van der Waals surface area contributed by atoms with Gasteiger partial charge >= 0.3 is 0 Å². The highest BCUT2D eigenvalue weighted by Gasteiger charge is 2.25. The van der Waals surface area contributed by atoms with Gasteiger partial charge in [0, 0.05) is 38.0 Å². The highest BCUT2D eigenvalue weighted by molar-refractivity contribution is 5.94. The number of ether oxygens (including phenoxy) is 1. The topological polar surface area (TPSA) is 56.6 Å². The van der Waals surface area contributed by atoms with Crippen molar-refractivity contribution in [2.75, 3.05) is 27.2 Å². The molecule has 0 N–H and O–H groups in total. The van der Waals surface area contributed by atoms with E-state index in [0.29, 0.717) is 24.2 Å². The minimum Gasteiger partial charge on any atom is -0.490 e. The van der Waals surface area contributed by atoms with Gasteiger partial charge in [0.25, 0.3) is 5.91 Å². The van der Waals surface area contributed by atoms with Crippen molar-refractivity contribution >= 4 is 5.91 Å². The standard InChI is InChI=1S/C28H29N3O2/c1-30(2)20-24-8-3-4-12-27(24)22-9-6-11-26(18-22)33-25-13-15-31(16-14-25)28(32)23-10-5-7-21(17-23)19-29/h3-12,17-18,25H,13-16,20H2,1-2H3. The van der Waals surface area contributed by atoms with E-state index in [2.05, 4.69) is 61.5 Å². The Morgan fingerprint density at radius 2 is 1.79 bits per heavy atom. The Labute approximate surface area is 195 Å². The molecule has 1 fully saturated rings. The summed E-state index contributed by atoms with van der Waals surface area (Å²) in [6.45, 7) is 2.17. The fourth-order valence-corrected chi connectivity index (χ4v) is 4.29. The summed E-state index contributed by atoms with van der Waals surface area (Å²) in [6, 6.07) is 25.7. The number of likely N-dealkylation sites (tertiary alicyclic amines) is 1. The van der Waals surface area contributed by atoms with Crippen molar-refractivity contribution in [2.45, 2.75) is 25.5 Å². The predicted molar refractivity (Wildman–Crippen MR) is 130 cm³/mol. The van der Waals surface area contributed by atoms with Crippen molar-refractivity contribution in [3.8, 4) is 22.9 Å². The summed E-state index contributed by atoms with van der Waals surface area (Å²) in [5.41, 5.74) is 4.72. The lowest BCUT2D eigenvalue weighted by atomic mass is 9.99. The third kappa shape index (κ3) is 5.60. The van der Waals surface area contributed by atoms with Crippen molar-refractivity contribution < 1.29 is 9.53 Å². The summed E-state index contributed by atoms with van der Waals surface area (Å²) in [4.78, 5) is 16.8. The van der Waals surface area contributed by atoms with Crippen LogP contribution in [0.1, 0.15) is 34.3 Å². The Morgan fingerprint density at radius 1 is 1.03 bits per heavy atom. The van der Waals surface area contributed by atoms with Crippen LogP contribution < -0.4 is 4.74 Å². The number of amides is 1. The molecule has 1 heterocycles. The van der Waals surface area contributed by atoms with Crippen LogP contribution in [0.5, 0.6) is 5.75 Å². The summed E-state index contributed by atoms with van der Waals surface area (Å²) in [6.07, 6.45) is 1.64. The van der Waals surface area contributed by atoms with Gasteiger partial charge < -0.3 is 14.5 Å². The van der Waals surface area contributed by atoms with Gasteiger partial charge in [-0.05, 0) is 61.1 Å². The minimum absolute atomic E-state index is 0.0231. The van der Waals surface area contributed by atoms with Gasteiger partial charge in [-0.1, -0.05) is 42.5 Å². The third-order valence-electron chi connectivity index (χ3n) is 5.92. The van der Waals surface area contributed by atoms with E-state index in [9.17, 15) is 4.79 Å². The molecule has 33 heavy (non-hydrogen) atoms. The van der Waals surface area contributed by atoms with Gasteiger partial charge in [0.15, 0.2) is 0 Å². The molecular weight excluding hydrogens is 410 g/mol. The Morgan fingerprint density at radius 3 is 2.55 bits per heavy atom. The monoisotopic (exact) mass is 439 g/mol. The van der Waals surface area contributed by atoms with Gasteiger partial charge in [-0.15, -0.1) is 0 Å². The number of benzene rings is 3. The first-order chi connectivity index (χ1) is 16.0. The van der Waals surface area contributed by atoms with E-state index in [1.54, 1.807) is 24.3 Å². The number of hydrogen-bond donors (Lipinski definition) is 0. The zero-order chi connectivity index (χ0) is 23.2. The summed E-state index contributed by atoms with van der Waals surface area (Å²) >= 11 is 0. The Bertz CT molecular complexity index is 1160. The van der Waals surface area contributed by atoms with E-state index in [0.717, 1.165) is 30.7 Å². The van der Waals surface area contributed by atoms with E-state index < -0.39 is 0 Å². The SMILES string of the molecule is CN(C)Cc1ccccc1-c1cccc(OC2CCN(C(=O)c3cccc(C#N)c3)CC2)c1. The van der Waals surface area contributed by atoms with E-state index in [1.807, 2.05) is 17.0 Å². The average Bonchev–Trinajstić information content (AvgIpc) is 2.84. The molecule has 3 aromatic rings. The fourth-order valence-electron chi connectivity index (χ4n) is 4.29. The maximum atomic E-state index is 12.8. The second-order valence-corrected chi connectivity index (χ2v) is 8.72. The molecule has 0 bridgehead atoms. The van der Waals surface area contributed by atoms with E-state index in [-0.39, 0.29) is 12.0 Å². The summed E-state index contributed by atoms with van der Waals surface area (Å²) < 4.78 is 6.32. The molecule has 1 amide bonds. The van der Waals surface area contributed by atoms with Crippen LogP contribution in [-0.2, 0) is 6.54 Å². The van der Waals surface area contributed by atoms with Crippen LogP contribution in [0.4, 0.5) is 0 Å². The van der Waals surface area contributed by atoms with Crippen LogP contribution in [0.15, 0.2) is 72.8 Å². The van der Waals surface area contributed by atoms with Crippen molar-refractivity contribution in [1.29, 1.82) is 5.26 Å². The first-order valence-corrected chi connectivity index (χ1v) is 11.3. The van der Waals surface area contributed by atoms with E-state index in [4.69, 9.17) is 10.00 Å². The van der Waals surface area contributed by atoms with Gasteiger partial charge in [0.1, 0.15) is 11.9 Å². The molecule has 0 aromatic heterocycles. The smallest absolute Gasteiger partial charge is 0.253 e. The van der Waals surface area contributed by atoms with E-state index in [1.165, 1.54) is 11.1 Å². The van der Waals surface area contributed by atoms with Crippen LogP contribution in [0.25, 0.3) is 11.1 Å². The van der Waals surface area contributed by atoms with Crippen LogP contribution in [0.3, 0.4) is 0 Å². The Hall–Kier alpha value is -3.62. The van der Waals surface area contributed by atoms with Crippen molar-refractivity contribution in [3.63, 3.8) is 0 Å². The van der Waals surface area contributed by atoms with Crippen LogP contribution in [-0.4, -0.2) is 49.0 Å².